The molecule has 2 N–H and O–H groups in total. The maximum absolute atomic E-state index is 13.0. The lowest BCUT2D eigenvalue weighted by molar-refractivity contribution is -0.132. The number of aromatic nitrogens is 1. The van der Waals surface area contributed by atoms with Gasteiger partial charge >= 0.3 is 0 Å². The molecule has 0 aliphatic carbocycles. The number of nitrogens with two attached hydrogens (primary N) is 1. The molecule has 0 saturated carbocycles. The van der Waals surface area contributed by atoms with Crippen LogP contribution in [0.1, 0.15) is 42.5 Å². The van der Waals surface area contributed by atoms with Crippen molar-refractivity contribution in [3.05, 3.63) is 17.7 Å². The number of carbonyl (C=O) groups is 2. The van der Waals surface area contributed by atoms with Gasteiger partial charge < -0.3 is 29.7 Å². The fourth-order valence-corrected chi connectivity index (χ4v) is 4.69. The topological polar surface area (TPSA) is 107 Å². The molecule has 2 fully saturated rings. The Labute approximate surface area is 183 Å². The van der Waals surface area contributed by atoms with Crippen LogP contribution in [0.2, 0.25) is 0 Å². The number of rotatable bonds is 8. The van der Waals surface area contributed by atoms with Crippen LogP contribution in [0.5, 0.6) is 11.8 Å². The summed E-state index contributed by atoms with van der Waals surface area (Å²) < 4.78 is 15.6. The number of ether oxygens (including phenoxy) is 3. The second-order valence-corrected chi connectivity index (χ2v) is 8.36. The molecule has 2 aliphatic heterocycles. The minimum Gasteiger partial charge on any atom is -0.481 e. The van der Waals surface area contributed by atoms with Gasteiger partial charge in [-0.3, -0.25) is 9.59 Å². The molecule has 0 bridgehead atoms. The van der Waals surface area contributed by atoms with E-state index in [1.165, 1.54) is 14.2 Å². The Morgan fingerprint density at radius 2 is 1.77 bits per heavy atom. The molecule has 3 heterocycles. The predicted octanol–water partition coefficient (Wildman–Crippen LogP) is 1.31. The maximum Gasteiger partial charge on any atom is 0.259 e. The quantitative estimate of drug-likeness (QED) is 0.657. The monoisotopic (exact) mass is 434 g/mol. The number of methoxy groups -OCH3 is 3. The summed E-state index contributed by atoms with van der Waals surface area (Å²) in [5.41, 5.74) is 5.73. The molecule has 0 spiro atoms. The van der Waals surface area contributed by atoms with Gasteiger partial charge in [-0.1, -0.05) is 0 Å². The molecular weight excluding hydrogens is 400 g/mol. The lowest BCUT2D eigenvalue weighted by atomic mass is 9.74. The van der Waals surface area contributed by atoms with Crippen molar-refractivity contribution in [3.8, 4) is 11.8 Å². The van der Waals surface area contributed by atoms with E-state index in [4.69, 9.17) is 19.9 Å². The van der Waals surface area contributed by atoms with Gasteiger partial charge in [0.15, 0.2) is 0 Å². The Bertz CT molecular complexity index is 771. The zero-order valence-corrected chi connectivity index (χ0v) is 18.8. The van der Waals surface area contributed by atoms with Crippen LogP contribution >= 0.6 is 0 Å². The zero-order chi connectivity index (χ0) is 22.4. The molecule has 3 rings (SSSR count). The third kappa shape index (κ3) is 5.10. The molecule has 2 amide bonds. The van der Waals surface area contributed by atoms with Crippen LogP contribution < -0.4 is 15.2 Å². The minimum atomic E-state index is -0.457. The lowest BCUT2D eigenvalue weighted by Gasteiger charge is -2.45. The van der Waals surface area contributed by atoms with E-state index in [0.717, 1.165) is 38.8 Å². The summed E-state index contributed by atoms with van der Waals surface area (Å²) in [5, 5.41) is 0. The molecule has 0 unspecified atom stereocenters. The lowest BCUT2D eigenvalue weighted by Crippen LogP contribution is -2.53. The number of hydrogen-bond donors (Lipinski definition) is 1. The number of nitrogens with zero attached hydrogens (tertiary/aromatic N) is 3. The van der Waals surface area contributed by atoms with Gasteiger partial charge in [-0.05, 0) is 51.3 Å². The van der Waals surface area contributed by atoms with Crippen molar-refractivity contribution < 1.29 is 23.8 Å². The van der Waals surface area contributed by atoms with E-state index in [1.807, 2.05) is 4.90 Å². The van der Waals surface area contributed by atoms with Crippen LogP contribution in [0.15, 0.2) is 12.1 Å². The van der Waals surface area contributed by atoms with Gasteiger partial charge in [-0.25, -0.2) is 0 Å². The first-order valence-corrected chi connectivity index (χ1v) is 10.9. The largest absolute Gasteiger partial charge is 0.481 e. The zero-order valence-electron chi connectivity index (χ0n) is 18.8. The average Bonchev–Trinajstić information content (AvgIpc) is 2.82. The second kappa shape index (κ2) is 10.3. The molecular formula is C22H34N4O5. The summed E-state index contributed by atoms with van der Waals surface area (Å²) in [7, 11) is 4.68. The van der Waals surface area contributed by atoms with E-state index < -0.39 is 5.41 Å². The molecule has 1 aromatic rings. The summed E-state index contributed by atoms with van der Waals surface area (Å²) in [6, 6.07) is 3.78. The first-order valence-electron chi connectivity index (χ1n) is 10.9. The normalized spacial score (nSPS) is 19.8. The van der Waals surface area contributed by atoms with Gasteiger partial charge in [0.05, 0.1) is 19.6 Å². The maximum atomic E-state index is 13.0. The Kier molecular flexibility index (Phi) is 7.72. The summed E-state index contributed by atoms with van der Waals surface area (Å²) in [6.45, 7) is 3.61. The summed E-state index contributed by atoms with van der Waals surface area (Å²) in [6.07, 6.45) is 4.01. The number of amides is 2. The third-order valence-corrected chi connectivity index (χ3v) is 6.80. The fourth-order valence-electron chi connectivity index (χ4n) is 4.69. The van der Waals surface area contributed by atoms with Gasteiger partial charge in [0.25, 0.3) is 5.91 Å². The molecule has 1 aromatic heterocycles. The van der Waals surface area contributed by atoms with Crippen molar-refractivity contribution >= 4 is 11.8 Å². The average molecular weight is 435 g/mol. The Morgan fingerprint density at radius 1 is 1.10 bits per heavy atom. The van der Waals surface area contributed by atoms with Crippen LogP contribution in [0, 0.1) is 5.41 Å². The second-order valence-electron chi connectivity index (χ2n) is 8.36. The highest BCUT2D eigenvalue weighted by molar-refractivity contribution is 5.96. The number of carbonyl (C=O) groups excluding carboxylic acids is 2. The number of primary amides is 1. The number of likely N-dealkylation sites (tertiary alicyclic amines) is 2. The van der Waals surface area contributed by atoms with Crippen molar-refractivity contribution in [2.45, 2.75) is 38.1 Å². The summed E-state index contributed by atoms with van der Waals surface area (Å²) >= 11 is 0. The molecule has 9 nitrogen and oxygen atoms in total. The van der Waals surface area contributed by atoms with Crippen LogP contribution in [0.25, 0.3) is 0 Å². The Hall–Kier alpha value is -2.39. The van der Waals surface area contributed by atoms with Crippen molar-refractivity contribution in [2.75, 3.05) is 54.1 Å². The SMILES string of the molecule is COCCC1(C(N)=O)CCN(C2CCN(C(=O)c3ccc(OC)nc3OC)CC2)CC1. The van der Waals surface area contributed by atoms with Crippen molar-refractivity contribution in [3.63, 3.8) is 0 Å². The van der Waals surface area contributed by atoms with E-state index in [2.05, 4.69) is 9.88 Å². The Balaban J connectivity index is 1.56. The minimum absolute atomic E-state index is 0.0728. The van der Waals surface area contributed by atoms with E-state index in [0.29, 0.717) is 43.6 Å². The van der Waals surface area contributed by atoms with Crippen molar-refractivity contribution in [1.82, 2.24) is 14.8 Å². The van der Waals surface area contributed by atoms with Crippen molar-refractivity contribution in [2.24, 2.45) is 11.1 Å². The van der Waals surface area contributed by atoms with Crippen LogP contribution in [0.4, 0.5) is 0 Å². The third-order valence-electron chi connectivity index (χ3n) is 6.80. The van der Waals surface area contributed by atoms with Crippen LogP contribution in [0.3, 0.4) is 0 Å². The number of pyridine rings is 1. The van der Waals surface area contributed by atoms with Crippen LogP contribution in [-0.4, -0.2) is 86.8 Å². The highest BCUT2D eigenvalue weighted by Gasteiger charge is 2.41. The fraction of sp³-hybridized carbons (Fsp3) is 0.682. The van der Waals surface area contributed by atoms with E-state index >= 15 is 0 Å². The van der Waals surface area contributed by atoms with Crippen LogP contribution in [-0.2, 0) is 9.53 Å². The van der Waals surface area contributed by atoms with E-state index in [-0.39, 0.29) is 17.7 Å². The standard InChI is InChI=1S/C22H34N4O5/c1-29-15-10-22(21(23)28)8-13-25(14-9-22)16-6-11-26(12-7-16)20(27)17-4-5-18(30-2)24-19(17)31-3/h4-5,16H,6-15H2,1-3H3,(H2,23,28). The predicted molar refractivity (Wildman–Crippen MR) is 115 cm³/mol. The molecule has 9 heteroatoms. The van der Waals surface area contributed by atoms with E-state index in [9.17, 15) is 9.59 Å². The smallest absolute Gasteiger partial charge is 0.259 e. The molecule has 2 saturated heterocycles. The molecule has 172 valence electrons. The van der Waals surface area contributed by atoms with Gasteiger partial charge in [0.1, 0.15) is 5.56 Å². The van der Waals surface area contributed by atoms with Gasteiger partial charge in [-0.15, -0.1) is 0 Å². The van der Waals surface area contributed by atoms with E-state index in [1.54, 1.807) is 19.2 Å². The highest BCUT2D eigenvalue weighted by Crippen LogP contribution is 2.36. The van der Waals surface area contributed by atoms with Gasteiger partial charge in [0, 0.05) is 38.9 Å². The Morgan fingerprint density at radius 3 is 2.32 bits per heavy atom. The first-order chi connectivity index (χ1) is 14.9. The number of hydrogen-bond acceptors (Lipinski definition) is 7. The molecule has 31 heavy (non-hydrogen) atoms. The summed E-state index contributed by atoms with van der Waals surface area (Å²) in [5.74, 6) is 0.402. The van der Waals surface area contributed by atoms with Crippen molar-refractivity contribution in [1.29, 1.82) is 0 Å². The first kappa shape index (κ1) is 23.3. The van der Waals surface area contributed by atoms with Gasteiger partial charge in [0.2, 0.25) is 17.7 Å². The number of piperidine rings is 2. The molecule has 2 aliphatic rings. The highest BCUT2D eigenvalue weighted by atomic mass is 16.5. The molecule has 0 aromatic carbocycles. The van der Waals surface area contributed by atoms with Gasteiger partial charge in [-0.2, -0.15) is 4.98 Å². The summed E-state index contributed by atoms with van der Waals surface area (Å²) in [4.78, 5) is 33.6. The molecule has 0 radical (unpaired) electrons. The molecule has 0 atom stereocenters.